The second-order valence-electron chi connectivity index (χ2n) is 4.17. The van der Waals surface area contributed by atoms with Gasteiger partial charge < -0.3 is 15.1 Å². The molecule has 0 spiro atoms. The van der Waals surface area contributed by atoms with Crippen LogP contribution in [0.2, 0.25) is 0 Å². The normalized spacial score (nSPS) is 14.3. The van der Waals surface area contributed by atoms with Gasteiger partial charge in [0.1, 0.15) is 11.4 Å². The minimum atomic E-state index is -1.16. The van der Waals surface area contributed by atoms with Gasteiger partial charge in [0.05, 0.1) is 6.61 Å². The van der Waals surface area contributed by atoms with E-state index in [1.807, 2.05) is 0 Å². The van der Waals surface area contributed by atoms with Crippen LogP contribution in [0.5, 0.6) is 0 Å². The van der Waals surface area contributed by atoms with Crippen LogP contribution in [0.25, 0.3) is 0 Å². The highest BCUT2D eigenvalue weighted by Crippen LogP contribution is 2.27. The number of carbonyl (C=O) groups excluding carboxylic acids is 1. The van der Waals surface area contributed by atoms with Crippen LogP contribution < -0.4 is 0 Å². The highest BCUT2D eigenvalue weighted by molar-refractivity contribution is 5.94. The van der Waals surface area contributed by atoms with Gasteiger partial charge in [0.25, 0.3) is 5.91 Å². The number of carboxylic acid groups (broad SMARTS) is 1. The Morgan fingerprint density at radius 3 is 2.56 bits per heavy atom. The van der Waals surface area contributed by atoms with Crippen molar-refractivity contribution in [2.24, 2.45) is 0 Å². The first kappa shape index (κ1) is 12.5. The molecule has 0 bridgehead atoms. The molecule has 1 heterocycles. The Morgan fingerprint density at radius 1 is 1.33 bits per heavy atom. The molecular weight excluding hydrogens is 236 g/mol. The van der Waals surface area contributed by atoms with Crippen LogP contribution in [0.15, 0.2) is 18.2 Å². The SMILES string of the molecule is O=C(O)c1cccc(C(=O)N(CCO)C2CC2)n1. The number of aromatic nitrogens is 1. The van der Waals surface area contributed by atoms with Crippen molar-refractivity contribution in [3.8, 4) is 0 Å². The lowest BCUT2D eigenvalue weighted by Crippen LogP contribution is -2.36. The second-order valence-corrected chi connectivity index (χ2v) is 4.17. The number of carboxylic acids is 1. The van der Waals surface area contributed by atoms with Gasteiger partial charge in [-0.2, -0.15) is 0 Å². The van der Waals surface area contributed by atoms with Gasteiger partial charge in [-0.25, -0.2) is 9.78 Å². The zero-order chi connectivity index (χ0) is 13.1. The van der Waals surface area contributed by atoms with E-state index in [-0.39, 0.29) is 36.5 Å². The maximum absolute atomic E-state index is 12.2. The average Bonchev–Trinajstić information content (AvgIpc) is 3.19. The molecule has 1 aromatic rings. The Hall–Kier alpha value is -1.95. The van der Waals surface area contributed by atoms with Crippen LogP contribution in [0, 0.1) is 0 Å². The summed E-state index contributed by atoms with van der Waals surface area (Å²) in [5.41, 5.74) is -0.0455. The van der Waals surface area contributed by atoms with E-state index in [9.17, 15) is 9.59 Å². The van der Waals surface area contributed by atoms with Gasteiger partial charge in [-0.1, -0.05) is 6.07 Å². The number of pyridine rings is 1. The average molecular weight is 250 g/mol. The third-order valence-corrected chi connectivity index (χ3v) is 2.78. The van der Waals surface area contributed by atoms with E-state index in [0.717, 1.165) is 12.8 Å². The largest absolute Gasteiger partial charge is 0.477 e. The summed E-state index contributed by atoms with van der Waals surface area (Å²) in [6, 6.07) is 4.47. The van der Waals surface area contributed by atoms with Crippen molar-refractivity contribution in [3.05, 3.63) is 29.6 Å². The van der Waals surface area contributed by atoms with E-state index in [0.29, 0.717) is 0 Å². The molecule has 1 saturated carbocycles. The molecule has 1 aliphatic rings. The van der Waals surface area contributed by atoms with Crippen LogP contribution in [-0.4, -0.2) is 51.2 Å². The topological polar surface area (TPSA) is 90.7 Å². The van der Waals surface area contributed by atoms with E-state index in [4.69, 9.17) is 10.2 Å². The van der Waals surface area contributed by atoms with Crippen molar-refractivity contribution in [1.82, 2.24) is 9.88 Å². The number of aliphatic hydroxyl groups is 1. The van der Waals surface area contributed by atoms with Gasteiger partial charge in [0.2, 0.25) is 0 Å². The Labute approximate surface area is 104 Å². The van der Waals surface area contributed by atoms with Crippen LogP contribution in [-0.2, 0) is 0 Å². The third kappa shape index (κ3) is 2.65. The predicted octanol–water partition coefficient (Wildman–Crippen LogP) is 0.377. The molecule has 1 fully saturated rings. The maximum atomic E-state index is 12.2. The van der Waals surface area contributed by atoms with Crippen LogP contribution in [0.3, 0.4) is 0 Å². The zero-order valence-electron chi connectivity index (χ0n) is 9.74. The summed E-state index contributed by atoms with van der Waals surface area (Å²) in [7, 11) is 0. The third-order valence-electron chi connectivity index (χ3n) is 2.78. The molecule has 18 heavy (non-hydrogen) atoms. The van der Waals surface area contributed by atoms with Gasteiger partial charge in [-0.05, 0) is 25.0 Å². The summed E-state index contributed by atoms with van der Waals surface area (Å²) in [6.07, 6.45) is 1.84. The van der Waals surface area contributed by atoms with Gasteiger partial charge in [-0.3, -0.25) is 4.79 Å². The summed E-state index contributed by atoms with van der Waals surface area (Å²) in [4.78, 5) is 28.3. The lowest BCUT2D eigenvalue weighted by Gasteiger charge is -2.20. The molecule has 0 aromatic carbocycles. The Kier molecular flexibility index (Phi) is 3.57. The van der Waals surface area contributed by atoms with Crippen LogP contribution >= 0.6 is 0 Å². The number of amides is 1. The van der Waals surface area contributed by atoms with E-state index in [1.54, 1.807) is 4.90 Å². The molecular formula is C12H14N2O4. The van der Waals surface area contributed by atoms with E-state index < -0.39 is 5.97 Å². The monoisotopic (exact) mass is 250 g/mol. The number of rotatable bonds is 5. The maximum Gasteiger partial charge on any atom is 0.354 e. The summed E-state index contributed by atoms with van der Waals surface area (Å²) in [5, 5.41) is 17.8. The smallest absolute Gasteiger partial charge is 0.354 e. The van der Waals surface area contributed by atoms with Crippen molar-refractivity contribution in [2.75, 3.05) is 13.2 Å². The first-order valence-electron chi connectivity index (χ1n) is 5.75. The molecule has 2 rings (SSSR count). The predicted molar refractivity (Wildman–Crippen MR) is 62.3 cm³/mol. The molecule has 6 nitrogen and oxygen atoms in total. The summed E-state index contributed by atoms with van der Waals surface area (Å²) < 4.78 is 0. The van der Waals surface area contributed by atoms with Crippen molar-refractivity contribution in [1.29, 1.82) is 0 Å². The molecule has 0 atom stereocenters. The minimum absolute atomic E-state index is 0.107. The summed E-state index contributed by atoms with van der Waals surface area (Å²) in [5.74, 6) is -1.49. The fourth-order valence-electron chi connectivity index (χ4n) is 1.76. The number of nitrogens with zero attached hydrogens (tertiary/aromatic N) is 2. The summed E-state index contributed by atoms with van der Waals surface area (Å²) >= 11 is 0. The van der Waals surface area contributed by atoms with Crippen molar-refractivity contribution in [2.45, 2.75) is 18.9 Å². The quantitative estimate of drug-likeness (QED) is 0.788. The first-order chi connectivity index (χ1) is 8.63. The standard InChI is InChI=1S/C12H14N2O4/c15-7-6-14(8-4-5-8)11(16)9-2-1-3-10(13-9)12(17)18/h1-3,8,15H,4-7H2,(H,17,18). The number of aromatic carboxylic acids is 1. The molecule has 0 saturated heterocycles. The Balaban J connectivity index is 2.21. The molecule has 1 amide bonds. The fourth-order valence-corrected chi connectivity index (χ4v) is 1.76. The number of hydrogen-bond donors (Lipinski definition) is 2. The van der Waals surface area contributed by atoms with Crippen molar-refractivity contribution >= 4 is 11.9 Å². The lowest BCUT2D eigenvalue weighted by atomic mass is 10.2. The van der Waals surface area contributed by atoms with E-state index in [1.165, 1.54) is 18.2 Å². The lowest BCUT2D eigenvalue weighted by molar-refractivity contribution is 0.0687. The molecule has 0 radical (unpaired) electrons. The van der Waals surface area contributed by atoms with Crippen LogP contribution in [0.4, 0.5) is 0 Å². The molecule has 96 valence electrons. The summed E-state index contributed by atoms with van der Waals surface area (Å²) in [6.45, 7) is 0.142. The van der Waals surface area contributed by atoms with Gasteiger partial charge in [0, 0.05) is 12.6 Å². The number of hydrogen-bond acceptors (Lipinski definition) is 4. The van der Waals surface area contributed by atoms with Gasteiger partial charge >= 0.3 is 5.97 Å². The molecule has 2 N–H and O–H groups in total. The first-order valence-corrected chi connectivity index (χ1v) is 5.75. The fraction of sp³-hybridized carbons (Fsp3) is 0.417. The zero-order valence-corrected chi connectivity index (χ0v) is 9.74. The molecule has 0 aliphatic heterocycles. The van der Waals surface area contributed by atoms with Crippen molar-refractivity contribution < 1.29 is 19.8 Å². The highest BCUT2D eigenvalue weighted by Gasteiger charge is 2.33. The van der Waals surface area contributed by atoms with Gasteiger partial charge in [0.15, 0.2) is 0 Å². The Morgan fingerprint density at radius 2 is 2.00 bits per heavy atom. The molecule has 1 aromatic heterocycles. The van der Waals surface area contributed by atoms with Crippen molar-refractivity contribution in [3.63, 3.8) is 0 Å². The minimum Gasteiger partial charge on any atom is -0.477 e. The Bertz CT molecular complexity index is 471. The second kappa shape index (κ2) is 5.14. The van der Waals surface area contributed by atoms with E-state index in [2.05, 4.69) is 4.98 Å². The molecule has 0 unspecified atom stereocenters. The highest BCUT2D eigenvalue weighted by atomic mass is 16.4. The molecule has 1 aliphatic carbocycles. The van der Waals surface area contributed by atoms with E-state index >= 15 is 0 Å². The van der Waals surface area contributed by atoms with Gasteiger partial charge in [-0.15, -0.1) is 0 Å². The number of carbonyl (C=O) groups is 2. The van der Waals surface area contributed by atoms with Crippen LogP contribution in [0.1, 0.15) is 33.8 Å². The number of aliphatic hydroxyl groups excluding tert-OH is 1. The molecule has 6 heteroatoms.